The molecule has 6 heteroatoms. The first-order valence-electron chi connectivity index (χ1n) is 7.08. The van der Waals surface area contributed by atoms with Crippen molar-refractivity contribution in [2.45, 2.75) is 12.0 Å². The summed E-state index contributed by atoms with van der Waals surface area (Å²) in [6.45, 7) is 1.47. The van der Waals surface area contributed by atoms with Gasteiger partial charge in [-0.3, -0.25) is 9.89 Å². The maximum Gasteiger partial charge on any atom is 0.275 e. The van der Waals surface area contributed by atoms with E-state index in [1.165, 1.54) is 0 Å². The maximum atomic E-state index is 12.6. The second-order valence-corrected chi connectivity index (χ2v) is 6.06. The topological polar surface area (TPSA) is 72.5 Å². The Bertz CT molecular complexity index is 666. The molecular weight excluding hydrogens is 268 g/mol. The van der Waals surface area contributed by atoms with Crippen LogP contribution in [0.15, 0.2) is 24.3 Å². The van der Waals surface area contributed by atoms with E-state index in [0.717, 1.165) is 10.9 Å². The van der Waals surface area contributed by atoms with Crippen molar-refractivity contribution in [1.29, 1.82) is 0 Å². The van der Waals surface area contributed by atoms with Crippen LogP contribution in [-0.2, 0) is 0 Å². The zero-order chi connectivity index (χ0) is 15.0. The number of aromatic nitrogens is 2. The predicted octanol–water partition coefficient (Wildman–Crippen LogP) is 0.701. The molecule has 0 saturated carbocycles. The summed E-state index contributed by atoms with van der Waals surface area (Å²) in [5, 5.41) is 18.4. The third-order valence-electron chi connectivity index (χ3n) is 3.90. The lowest BCUT2D eigenvalue weighted by Crippen LogP contribution is -2.43. The van der Waals surface area contributed by atoms with Crippen LogP contribution in [0.4, 0.5) is 0 Å². The van der Waals surface area contributed by atoms with Gasteiger partial charge < -0.3 is 14.9 Å². The average Bonchev–Trinajstić information content (AvgIpc) is 3.01. The number of aromatic amines is 1. The highest BCUT2D eigenvalue weighted by Crippen LogP contribution is 2.25. The molecule has 0 radical (unpaired) electrons. The maximum absolute atomic E-state index is 12.6. The van der Waals surface area contributed by atoms with Crippen LogP contribution in [0.2, 0.25) is 0 Å². The van der Waals surface area contributed by atoms with E-state index in [1.807, 2.05) is 43.3 Å². The van der Waals surface area contributed by atoms with E-state index < -0.39 is 5.60 Å². The number of aliphatic hydroxyl groups is 1. The van der Waals surface area contributed by atoms with Crippen LogP contribution < -0.4 is 0 Å². The van der Waals surface area contributed by atoms with Crippen LogP contribution in [0.5, 0.6) is 0 Å². The van der Waals surface area contributed by atoms with Crippen LogP contribution >= 0.6 is 0 Å². The van der Waals surface area contributed by atoms with E-state index in [4.69, 9.17) is 0 Å². The molecule has 112 valence electrons. The summed E-state index contributed by atoms with van der Waals surface area (Å²) in [5.74, 6) is -0.123. The molecule has 0 bridgehead atoms. The number of likely N-dealkylation sites (N-methyl/N-ethyl adjacent to an activating group) is 1. The van der Waals surface area contributed by atoms with E-state index in [0.29, 0.717) is 31.7 Å². The molecule has 3 rings (SSSR count). The van der Waals surface area contributed by atoms with Gasteiger partial charge in [0.2, 0.25) is 0 Å². The van der Waals surface area contributed by atoms with Crippen LogP contribution in [0, 0.1) is 0 Å². The number of carbonyl (C=O) groups excluding carboxylic acids is 1. The number of nitrogens with one attached hydrogen (secondary N) is 1. The number of amides is 1. The smallest absolute Gasteiger partial charge is 0.275 e. The van der Waals surface area contributed by atoms with Crippen LogP contribution in [0.1, 0.15) is 16.9 Å². The molecule has 1 saturated heterocycles. The van der Waals surface area contributed by atoms with Crippen molar-refractivity contribution in [3.8, 4) is 0 Å². The highest BCUT2D eigenvalue weighted by atomic mass is 16.3. The highest BCUT2D eigenvalue weighted by Gasteiger charge is 2.39. The van der Waals surface area contributed by atoms with E-state index in [2.05, 4.69) is 10.2 Å². The van der Waals surface area contributed by atoms with Crippen molar-refractivity contribution in [2.75, 3.05) is 33.7 Å². The molecule has 1 aromatic heterocycles. The number of carbonyl (C=O) groups is 1. The molecule has 1 aromatic carbocycles. The van der Waals surface area contributed by atoms with Gasteiger partial charge in [0.25, 0.3) is 5.91 Å². The molecule has 0 unspecified atom stereocenters. The summed E-state index contributed by atoms with van der Waals surface area (Å²) in [7, 11) is 3.84. The Morgan fingerprint density at radius 3 is 3.00 bits per heavy atom. The Morgan fingerprint density at radius 2 is 2.24 bits per heavy atom. The molecule has 1 fully saturated rings. The monoisotopic (exact) mass is 288 g/mol. The minimum atomic E-state index is -0.828. The van der Waals surface area contributed by atoms with Crippen molar-refractivity contribution in [1.82, 2.24) is 20.0 Å². The molecule has 1 atom stereocenters. The van der Waals surface area contributed by atoms with Gasteiger partial charge in [-0.15, -0.1) is 0 Å². The number of hydrogen-bond donors (Lipinski definition) is 2. The Labute approximate surface area is 123 Å². The fourth-order valence-corrected chi connectivity index (χ4v) is 3.02. The fraction of sp³-hybridized carbons (Fsp3) is 0.467. The van der Waals surface area contributed by atoms with Crippen molar-refractivity contribution >= 4 is 16.8 Å². The molecule has 0 spiro atoms. The Morgan fingerprint density at radius 1 is 1.48 bits per heavy atom. The molecule has 1 amide bonds. The number of H-pyrrole nitrogens is 1. The quantitative estimate of drug-likeness (QED) is 0.872. The van der Waals surface area contributed by atoms with Crippen LogP contribution in [0.25, 0.3) is 10.9 Å². The largest absolute Gasteiger partial charge is 0.387 e. The first kappa shape index (κ1) is 14.0. The van der Waals surface area contributed by atoms with Gasteiger partial charge in [-0.25, -0.2) is 0 Å². The van der Waals surface area contributed by atoms with E-state index in [-0.39, 0.29) is 5.91 Å². The summed E-state index contributed by atoms with van der Waals surface area (Å²) in [4.78, 5) is 16.2. The SMILES string of the molecule is CN(C)C[C@@]1(O)CCN(C(=O)c2n[nH]c3ccccc23)C1. The van der Waals surface area contributed by atoms with Gasteiger partial charge in [0, 0.05) is 18.5 Å². The molecule has 1 aliphatic rings. The predicted molar refractivity (Wildman–Crippen MR) is 80.1 cm³/mol. The number of likely N-dealkylation sites (tertiary alicyclic amines) is 1. The third kappa shape index (κ3) is 2.64. The number of hydrogen-bond acceptors (Lipinski definition) is 4. The lowest BCUT2D eigenvalue weighted by atomic mass is 10.0. The summed E-state index contributed by atoms with van der Waals surface area (Å²) < 4.78 is 0. The Kier molecular flexibility index (Phi) is 3.43. The van der Waals surface area contributed by atoms with Crippen molar-refractivity contribution in [2.24, 2.45) is 0 Å². The first-order valence-corrected chi connectivity index (χ1v) is 7.08. The van der Waals surface area contributed by atoms with Crippen LogP contribution in [-0.4, -0.2) is 70.3 Å². The summed E-state index contributed by atoms with van der Waals surface area (Å²) in [6, 6.07) is 7.57. The van der Waals surface area contributed by atoms with E-state index >= 15 is 0 Å². The van der Waals surface area contributed by atoms with Gasteiger partial charge in [0.05, 0.1) is 17.7 Å². The van der Waals surface area contributed by atoms with Gasteiger partial charge in [0.1, 0.15) is 0 Å². The minimum absolute atomic E-state index is 0.123. The van der Waals surface area contributed by atoms with E-state index in [1.54, 1.807) is 4.90 Å². The van der Waals surface area contributed by atoms with Gasteiger partial charge in [0.15, 0.2) is 5.69 Å². The normalized spacial score (nSPS) is 22.4. The van der Waals surface area contributed by atoms with Gasteiger partial charge in [-0.1, -0.05) is 18.2 Å². The molecule has 21 heavy (non-hydrogen) atoms. The van der Waals surface area contributed by atoms with Crippen molar-refractivity contribution in [3.63, 3.8) is 0 Å². The summed E-state index contributed by atoms with van der Waals surface area (Å²) in [6.07, 6.45) is 0.597. The van der Waals surface area contributed by atoms with Crippen molar-refractivity contribution in [3.05, 3.63) is 30.0 Å². The second kappa shape index (κ2) is 5.13. The van der Waals surface area contributed by atoms with E-state index in [9.17, 15) is 9.90 Å². The lowest BCUT2D eigenvalue weighted by Gasteiger charge is -2.26. The van der Waals surface area contributed by atoms with Gasteiger partial charge in [-0.05, 0) is 26.6 Å². The number of fused-ring (bicyclic) bond motifs is 1. The van der Waals surface area contributed by atoms with Crippen molar-refractivity contribution < 1.29 is 9.90 Å². The van der Waals surface area contributed by atoms with Gasteiger partial charge in [-0.2, -0.15) is 5.10 Å². The molecular formula is C15H20N4O2. The number of para-hydroxylation sites is 1. The Hall–Kier alpha value is -1.92. The average molecular weight is 288 g/mol. The zero-order valence-corrected chi connectivity index (χ0v) is 12.3. The Balaban J connectivity index is 1.81. The third-order valence-corrected chi connectivity index (χ3v) is 3.90. The van der Waals surface area contributed by atoms with Gasteiger partial charge >= 0.3 is 0 Å². The first-order chi connectivity index (χ1) is 9.98. The molecule has 2 heterocycles. The van der Waals surface area contributed by atoms with Crippen LogP contribution in [0.3, 0.4) is 0 Å². The summed E-state index contributed by atoms with van der Waals surface area (Å²) in [5.41, 5.74) is 0.453. The highest BCUT2D eigenvalue weighted by molar-refractivity contribution is 6.04. The molecule has 2 aromatic rings. The number of rotatable bonds is 3. The summed E-state index contributed by atoms with van der Waals surface area (Å²) >= 11 is 0. The minimum Gasteiger partial charge on any atom is -0.387 e. The number of β-amino-alcohol motifs (C(OH)–C–C–N with tert-alkyl or cyclic N) is 1. The zero-order valence-electron chi connectivity index (χ0n) is 12.3. The lowest BCUT2D eigenvalue weighted by molar-refractivity contribution is 0.0235. The number of nitrogens with zero attached hydrogens (tertiary/aromatic N) is 3. The molecule has 6 nitrogen and oxygen atoms in total. The standard InChI is InChI=1S/C15H20N4O2/c1-18(2)9-15(21)7-8-19(10-15)14(20)13-11-5-3-4-6-12(11)16-17-13/h3-6,21H,7-10H2,1-2H3,(H,16,17)/t15-/m0/s1. The second-order valence-electron chi connectivity index (χ2n) is 6.06. The molecule has 2 N–H and O–H groups in total. The molecule has 0 aliphatic carbocycles. The number of benzene rings is 1. The fourth-order valence-electron chi connectivity index (χ4n) is 3.02. The molecule has 1 aliphatic heterocycles.